The normalized spacial score (nSPS) is 13.1. The molecule has 0 saturated carbocycles. The van der Waals surface area contributed by atoms with Crippen LogP contribution in [0.4, 0.5) is 0 Å². The highest BCUT2D eigenvalue weighted by Crippen LogP contribution is 2.31. The van der Waals surface area contributed by atoms with Crippen LogP contribution < -0.4 is 9.47 Å². The SMILES string of the molecule is Cc1ccccc1-c1nnc(Cc2ccc3c(c2)OCCO3)o1. The number of hydrogen-bond acceptors (Lipinski definition) is 5. The Morgan fingerprint density at radius 1 is 0.957 bits per heavy atom. The van der Waals surface area contributed by atoms with E-state index in [4.69, 9.17) is 13.9 Å². The Bertz CT molecular complexity index is 842. The monoisotopic (exact) mass is 308 g/mol. The lowest BCUT2D eigenvalue weighted by Crippen LogP contribution is -2.15. The molecule has 0 spiro atoms. The first kappa shape index (κ1) is 13.8. The van der Waals surface area contributed by atoms with Gasteiger partial charge in [0.1, 0.15) is 13.2 Å². The second kappa shape index (κ2) is 5.76. The van der Waals surface area contributed by atoms with Crippen LogP contribution >= 0.6 is 0 Å². The molecule has 1 aliphatic heterocycles. The topological polar surface area (TPSA) is 57.4 Å². The minimum Gasteiger partial charge on any atom is -0.486 e. The number of fused-ring (bicyclic) bond motifs is 1. The van der Waals surface area contributed by atoms with Crippen molar-refractivity contribution in [1.29, 1.82) is 0 Å². The van der Waals surface area contributed by atoms with Gasteiger partial charge in [-0.3, -0.25) is 0 Å². The predicted octanol–water partition coefficient (Wildman–Crippen LogP) is 3.41. The van der Waals surface area contributed by atoms with Crippen LogP contribution in [0.3, 0.4) is 0 Å². The highest BCUT2D eigenvalue weighted by Gasteiger charge is 2.14. The van der Waals surface area contributed by atoms with Crippen molar-refractivity contribution in [2.45, 2.75) is 13.3 Å². The van der Waals surface area contributed by atoms with Crippen LogP contribution in [0.25, 0.3) is 11.5 Å². The molecule has 1 aromatic heterocycles. The molecule has 0 aliphatic carbocycles. The van der Waals surface area contributed by atoms with E-state index in [1.165, 1.54) is 0 Å². The molecule has 0 radical (unpaired) electrons. The van der Waals surface area contributed by atoms with Crippen LogP contribution in [-0.2, 0) is 6.42 Å². The lowest BCUT2D eigenvalue weighted by molar-refractivity contribution is 0.171. The molecule has 116 valence electrons. The van der Waals surface area contributed by atoms with Gasteiger partial charge in [0, 0.05) is 5.56 Å². The fraction of sp³-hybridized carbons (Fsp3) is 0.222. The Morgan fingerprint density at radius 3 is 2.65 bits per heavy atom. The van der Waals surface area contributed by atoms with Crippen molar-refractivity contribution < 1.29 is 13.9 Å². The average Bonchev–Trinajstić information content (AvgIpc) is 3.03. The van der Waals surface area contributed by atoms with Gasteiger partial charge in [0.2, 0.25) is 11.8 Å². The minimum absolute atomic E-state index is 0.552. The molecule has 0 N–H and O–H groups in total. The maximum atomic E-state index is 5.80. The van der Waals surface area contributed by atoms with E-state index in [1.807, 2.05) is 49.4 Å². The molecule has 0 fully saturated rings. The molecular formula is C18H16N2O3. The molecule has 2 aromatic carbocycles. The lowest BCUT2D eigenvalue weighted by Gasteiger charge is -2.18. The van der Waals surface area contributed by atoms with Crippen molar-refractivity contribution in [2.75, 3.05) is 13.2 Å². The predicted molar refractivity (Wildman–Crippen MR) is 84.7 cm³/mol. The Morgan fingerprint density at radius 2 is 1.78 bits per heavy atom. The van der Waals surface area contributed by atoms with Gasteiger partial charge < -0.3 is 13.9 Å². The van der Waals surface area contributed by atoms with Crippen LogP contribution in [0.2, 0.25) is 0 Å². The molecule has 5 heteroatoms. The molecule has 5 nitrogen and oxygen atoms in total. The molecule has 4 rings (SSSR count). The zero-order valence-corrected chi connectivity index (χ0v) is 12.8. The van der Waals surface area contributed by atoms with Gasteiger partial charge >= 0.3 is 0 Å². The molecule has 2 heterocycles. The van der Waals surface area contributed by atoms with E-state index in [2.05, 4.69) is 10.2 Å². The Labute approximate surface area is 133 Å². The number of aryl methyl sites for hydroxylation is 1. The van der Waals surface area contributed by atoms with Crippen LogP contribution in [0, 0.1) is 6.92 Å². The Balaban J connectivity index is 1.57. The van der Waals surface area contributed by atoms with E-state index in [1.54, 1.807) is 0 Å². The van der Waals surface area contributed by atoms with Gasteiger partial charge in [-0.05, 0) is 36.2 Å². The molecule has 3 aromatic rings. The lowest BCUT2D eigenvalue weighted by atomic mass is 10.1. The summed E-state index contributed by atoms with van der Waals surface area (Å²) in [5.74, 6) is 2.69. The van der Waals surface area contributed by atoms with Gasteiger partial charge in [0.15, 0.2) is 11.5 Å². The smallest absolute Gasteiger partial charge is 0.248 e. The molecule has 0 saturated heterocycles. The number of ether oxygens (including phenoxy) is 2. The first-order valence-electron chi connectivity index (χ1n) is 7.56. The van der Waals surface area contributed by atoms with Crippen LogP contribution in [0.1, 0.15) is 17.0 Å². The molecular weight excluding hydrogens is 292 g/mol. The van der Waals surface area contributed by atoms with Crippen molar-refractivity contribution in [3.05, 3.63) is 59.5 Å². The standard InChI is InChI=1S/C18H16N2O3/c1-12-4-2-3-5-14(12)18-20-19-17(23-18)11-13-6-7-15-16(10-13)22-9-8-21-15/h2-7,10H,8-9,11H2,1H3. The van der Waals surface area contributed by atoms with Crippen LogP contribution in [-0.4, -0.2) is 23.4 Å². The highest BCUT2D eigenvalue weighted by molar-refractivity contribution is 5.57. The maximum Gasteiger partial charge on any atom is 0.248 e. The third kappa shape index (κ3) is 2.77. The van der Waals surface area contributed by atoms with Gasteiger partial charge in [-0.25, -0.2) is 0 Å². The van der Waals surface area contributed by atoms with E-state index in [-0.39, 0.29) is 0 Å². The molecule has 0 amide bonds. The van der Waals surface area contributed by atoms with Crippen molar-refractivity contribution >= 4 is 0 Å². The van der Waals surface area contributed by atoms with E-state index in [0.717, 1.165) is 28.2 Å². The summed E-state index contributed by atoms with van der Waals surface area (Å²) in [6.45, 7) is 3.20. The third-order valence-electron chi connectivity index (χ3n) is 3.80. The van der Waals surface area contributed by atoms with Gasteiger partial charge in [0.05, 0.1) is 6.42 Å². The summed E-state index contributed by atoms with van der Waals surface area (Å²) in [5, 5.41) is 8.31. The van der Waals surface area contributed by atoms with E-state index >= 15 is 0 Å². The summed E-state index contributed by atoms with van der Waals surface area (Å²) in [6, 6.07) is 13.8. The quantitative estimate of drug-likeness (QED) is 0.742. The molecule has 0 atom stereocenters. The highest BCUT2D eigenvalue weighted by atomic mass is 16.6. The Hall–Kier alpha value is -2.82. The fourth-order valence-corrected chi connectivity index (χ4v) is 2.62. The van der Waals surface area contributed by atoms with Gasteiger partial charge in [-0.1, -0.05) is 24.3 Å². The second-order valence-corrected chi connectivity index (χ2v) is 5.47. The molecule has 1 aliphatic rings. The van der Waals surface area contributed by atoms with Crippen molar-refractivity contribution in [3.63, 3.8) is 0 Å². The number of rotatable bonds is 3. The summed E-state index contributed by atoms with van der Waals surface area (Å²) < 4.78 is 16.9. The van der Waals surface area contributed by atoms with Crippen LogP contribution in [0.15, 0.2) is 46.9 Å². The summed E-state index contributed by atoms with van der Waals surface area (Å²) in [7, 11) is 0. The largest absolute Gasteiger partial charge is 0.486 e. The zero-order valence-electron chi connectivity index (χ0n) is 12.8. The first-order chi connectivity index (χ1) is 11.3. The fourth-order valence-electron chi connectivity index (χ4n) is 2.62. The number of hydrogen-bond donors (Lipinski definition) is 0. The van der Waals surface area contributed by atoms with E-state index in [0.29, 0.717) is 31.4 Å². The van der Waals surface area contributed by atoms with Gasteiger partial charge in [0.25, 0.3) is 0 Å². The van der Waals surface area contributed by atoms with Crippen LogP contribution in [0.5, 0.6) is 11.5 Å². The van der Waals surface area contributed by atoms with Gasteiger partial charge in [-0.2, -0.15) is 0 Å². The summed E-state index contributed by atoms with van der Waals surface area (Å²) in [6.07, 6.45) is 0.565. The summed E-state index contributed by atoms with van der Waals surface area (Å²) >= 11 is 0. The van der Waals surface area contributed by atoms with E-state index in [9.17, 15) is 0 Å². The van der Waals surface area contributed by atoms with Crippen molar-refractivity contribution in [3.8, 4) is 23.0 Å². The number of aromatic nitrogens is 2. The average molecular weight is 308 g/mol. The van der Waals surface area contributed by atoms with Crippen molar-refractivity contribution in [1.82, 2.24) is 10.2 Å². The zero-order chi connectivity index (χ0) is 15.6. The van der Waals surface area contributed by atoms with E-state index < -0.39 is 0 Å². The molecule has 23 heavy (non-hydrogen) atoms. The Kier molecular flexibility index (Phi) is 3.46. The molecule has 0 unspecified atom stereocenters. The van der Waals surface area contributed by atoms with Gasteiger partial charge in [-0.15, -0.1) is 10.2 Å². The molecule has 0 bridgehead atoms. The minimum atomic E-state index is 0.552. The number of benzene rings is 2. The first-order valence-corrected chi connectivity index (χ1v) is 7.56. The third-order valence-corrected chi connectivity index (χ3v) is 3.80. The maximum absolute atomic E-state index is 5.80. The van der Waals surface area contributed by atoms with Crippen molar-refractivity contribution in [2.24, 2.45) is 0 Å². The summed E-state index contributed by atoms with van der Waals surface area (Å²) in [5.41, 5.74) is 3.13. The number of nitrogens with zero attached hydrogens (tertiary/aromatic N) is 2. The second-order valence-electron chi connectivity index (χ2n) is 5.47. The summed E-state index contributed by atoms with van der Waals surface area (Å²) in [4.78, 5) is 0.